The van der Waals surface area contributed by atoms with Crippen molar-refractivity contribution in [2.75, 3.05) is 5.32 Å². The van der Waals surface area contributed by atoms with Gasteiger partial charge in [0.25, 0.3) is 0 Å². The van der Waals surface area contributed by atoms with Crippen molar-refractivity contribution in [1.29, 1.82) is 0 Å². The Morgan fingerprint density at radius 1 is 1.19 bits per heavy atom. The van der Waals surface area contributed by atoms with Gasteiger partial charge in [-0.05, 0) is 24.6 Å². The van der Waals surface area contributed by atoms with Gasteiger partial charge in [0.05, 0.1) is 5.56 Å². The third-order valence-electron chi connectivity index (χ3n) is 2.68. The van der Waals surface area contributed by atoms with E-state index in [1.807, 2.05) is 6.92 Å². The van der Waals surface area contributed by atoms with Crippen LogP contribution in [0.4, 0.5) is 24.7 Å². The van der Waals surface area contributed by atoms with E-state index in [2.05, 4.69) is 15.3 Å². The van der Waals surface area contributed by atoms with E-state index >= 15 is 0 Å². The molecule has 0 saturated carbocycles. The highest BCUT2D eigenvalue weighted by atomic mass is 35.5. The fraction of sp³-hybridized carbons (Fsp3) is 0.286. The molecule has 0 bridgehead atoms. The number of nitrogens with zero attached hydrogens (tertiary/aromatic N) is 2. The highest BCUT2D eigenvalue weighted by molar-refractivity contribution is 6.29. The monoisotopic (exact) mass is 315 g/mol. The zero-order valence-electron chi connectivity index (χ0n) is 11.2. The fourth-order valence-electron chi connectivity index (χ4n) is 1.79. The van der Waals surface area contributed by atoms with Crippen molar-refractivity contribution in [3.8, 4) is 0 Å². The SMILES string of the molecule is CCCc1nc(Cl)cc(Nc2cccc(C(F)(F)F)c2)n1. The summed E-state index contributed by atoms with van der Waals surface area (Å²) in [7, 11) is 0. The molecule has 0 saturated heterocycles. The summed E-state index contributed by atoms with van der Waals surface area (Å²) in [6, 6.07) is 6.38. The lowest BCUT2D eigenvalue weighted by atomic mass is 10.2. The number of benzene rings is 1. The standard InChI is InChI=1S/C14H13ClF3N3/c1-2-4-12-20-11(15)8-13(21-12)19-10-6-3-5-9(7-10)14(16,17)18/h3,5-8H,2,4H2,1H3,(H,19,20,21). The average Bonchev–Trinajstić information content (AvgIpc) is 2.37. The van der Waals surface area contributed by atoms with Crippen molar-refractivity contribution >= 4 is 23.1 Å². The van der Waals surface area contributed by atoms with Crippen molar-refractivity contribution in [2.24, 2.45) is 0 Å². The number of halogens is 4. The van der Waals surface area contributed by atoms with Gasteiger partial charge < -0.3 is 5.32 Å². The molecule has 0 amide bonds. The van der Waals surface area contributed by atoms with Crippen LogP contribution >= 0.6 is 11.6 Å². The Kier molecular flexibility index (Phi) is 4.67. The van der Waals surface area contributed by atoms with Crippen molar-refractivity contribution in [3.05, 3.63) is 46.9 Å². The zero-order valence-corrected chi connectivity index (χ0v) is 12.0. The first-order valence-electron chi connectivity index (χ1n) is 6.36. The molecule has 3 nitrogen and oxygen atoms in total. The molecule has 0 radical (unpaired) electrons. The highest BCUT2D eigenvalue weighted by Crippen LogP contribution is 2.31. The van der Waals surface area contributed by atoms with Gasteiger partial charge in [-0.3, -0.25) is 0 Å². The first-order chi connectivity index (χ1) is 9.88. The van der Waals surface area contributed by atoms with Crippen LogP contribution in [0.3, 0.4) is 0 Å². The third-order valence-corrected chi connectivity index (χ3v) is 2.87. The first-order valence-corrected chi connectivity index (χ1v) is 6.74. The Bertz CT molecular complexity index is 629. The minimum Gasteiger partial charge on any atom is -0.340 e. The summed E-state index contributed by atoms with van der Waals surface area (Å²) in [5.41, 5.74) is -0.427. The second-order valence-electron chi connectivity index (χ2n) is 4.45. The Morgan fingerprint density at radius 2 is 1.95 bits per heavy atom. The number of rotatable bonds is 4. The van der Waals surface area contributed by atoms with E-state index in [0.717, 1.165) is 18.6 Å². The molecule has 0 aliphatic heterocycles. The molecule has 0 aliphatic rings. The molecule has 112 valence electrons. The molecule has 7 heteroatoms. The van der Waals surface area contributed by atoms with Crippen LogP contribution in [0.25, 0.3) is 0 Å². The van der Waals surface area contributed by atoms with E-state index in [1.54, 1.807) is 0 Å². The van der Waals surface area contributed by atoms with Gasteiger partial charge in [-0.15, -0.1) is 0 Å². The average molecular weight is 316 g/mol. The number of hydrogen-bond acceptors (Lipinski definition) is 3. The molecule has 21 heavy (non-hydrogen) atoms. The summed E-state index contributed by atoms with van der Waals surface area (Å²) in [5.74, 6) is 0.928. The number of nitrogens with one attached hydrogen (secondary N) is 1. The lowest BCUT2D eigenvalue weighted by Gasteiger charge is -2.11. The van der Waals surface area contributed by atoms with Crippen LogP contribution < -0.4 is 5.32 Å². The number of hydrogen-bond donors (Lipinski definition) is 1. The van der Waals surface area contributed by atoms with Crippen LogP contribution in [0.15, 0.2) is 30.3 Å². The summed E-state index contributed by atoms with van der Waals surface area (Å²) >= 11 is 5.88. The van der Waals surface area contributed by atoms with Gasteiger partial charge in [-0.25, -0.2) is 9.97 Å². The van der Waals surface area contributed by atoms with Gasteiger partial charge in [0.15, 0.2) is 0 Å². The van der Waals surface area contributed by atoms with Crippen LogP contribution in [0.2, 0.25) is 5.15 Å². The number of anilines is 2. The maximum Gasteiger partial charge on any atom is 0.416 e. The molecule has 0 atom stereocenters. The predicted molar refractivity (Wildman–Crippen MR) is 75.8 cm³/mol. The van der Waals surface area contributed by atoms with Gasteiger partial charge in [0.2, 0.25) is 0 Å². The van der Waals surface area contributed by atoms with Gasteiger partial charge in [0.1, 0.15) is 16.8 Å². The molecule has 0 aliphatic carbocycles. The van der Waals surface area contributed by atoms with Gasteiger partial charge in [-0.1, -0.05) is 24.6 Å². The summed E-state index contributed by atoms with van der Waals surface area (Å²) in [6.07, 6.45) is -2.88. The van der Waals surface area contributed by atoms with Gasteiger partial charge in [-0.2, -0.15) is 13.2 Å². The molecule has 0 unspecified atom stereocenters. The molecule has 0 fully saturated rings. The summed E-state index contributed by atoms with van der Waals surface area (Å²) in [5, 5.41) is 3.07. The van der Waals surface area contributed by atoms with Crippen LogP contribution in [0, 0.1) is 0 Å². The molecule has 1 N–H and O–H groups in total. The van der Waals surface area contributed by atoms with Crippen molar-refractivity contribution in [2.45, 2.75) is 25.9 Å². The first kappa shape index (κ1) is 15.6. The van der Waals surface area contributed by atoms with Crippen molar-refractivity contribution in [3.63, 3.8) is 0 Å². The van der Waals surface area contributed by atoms with Crippen LogP contribution in [0.5, 0.6) is 0 Å². The van der Waals surface area contributed by atoms with E-state index in [0.29, 0.717) is 23.8 Å². The predicted octanol–water partition coefficient (Wildman–Crippen LogP) is 4.84. The van der Waals surface area contributed by atoms with E-state index < -0.39 is 11.7 Å². The Morgan fingerprint density at radius 3 is 2.62 bits per heavy atom. The molecular weight excluding hydrogens is 303 g/mol. The smallest absolute Gasteiger partial charge is 0.340 e. The molecule has 1 aromatic carbocycles. The summed E-state index contributed by atoms with van der Waals surface area (Å²) in [6.45, 7) is 1.98. The topological polar surface area (TPSA) is 37.8 Å². The highest BCUT2D eigenvalue weighted by Gasteiger charge is 2.30. The molecule has 2 aromatic rings. The van der Waals surface area contributed by atoms with E-state index in [-0.39, 0.29) is 5.15 Å². The van der Waals surface area contributed by atoms with Gasteiger partial charge >= 0.3 is 6.18 Å². The van der Waals surface area contributed by atoms with Crippen LogP contribution in [0.1, 0.15) is 24.7 Å². The van der Waals surface area contributed by atoms with Gasteiger partial charge in [0, 0.05) is 18.2 Å². The Balaban J connectivity index is 2.26. The van der Waals surface area contributed by atoms with E-state index in [4.69, 9.17) is 11.6 Å². The van der Waals surface area contributed by atoms with Crippen LogP contribution in [-0.4, -0.2) is 9.97 Å². The normalized spacial score (nSPS) is 11.5. The Hall–Kier alpha value is -1.82. The lowest BCUT2D eigenvalue weighted by Crippen LogP contribution is -2.06. The van der Waals surface area contributed by atoms with Crippen LogP contribution in [-0.2, 0) is 12.6 Å². The minimum atomic E-state index is -4.38. The minimum absolute atomic E-state index is 0.253. The summed E-state index contributed by atoms with van der Waals surface area (Å²) in [4.78, 5) is 8.28. The van der Waals surface area contributed by atoms with E-state index in [1.165, 1.54) is 18.2 Å². The Labute approximate surface area is 125 Å². The number of aryl methyl sites for hydroxylation is 1. The molecule has 2 rings (SSSR count). The zero-order chi connectivity index (χ0) is 15.5. The molecule has 1 aromatic heterocycles. The number of aromatic nitrogens is 2. The van der Waals surface area contributed by atoms with E-state index in [9.17, 15) is 13.2 Å². The maximum atomic E-state index is 12.7. The summed E-state index contributed by atoms with van der Waals surface area (Å²) < 4.78 is 38.0. The van der Waals surface area contributed by atoms with Crippen molar-refractivity contribution < 1.29 is 13.2 Å². The van der Waals surface area contributed by atoms with Crippen molar-refractivity contribution in [1.82, 2.24) is 9.97 Å². The largest absolute Gasteiger partial charge is 0.416 e. The maximum absolute atomic E-state index is 12.7. The second-order valence-corrected chi connectivity index (χ2v) is 4.83. The molecular formula is C14H13ClF3N3. The fourth-order valence-corrected chi connectivity index (χ4v) is 1.99. The molecule has 0 spiro atoms. The lowest BCUT2D eigenvalue weighted by molar-refractivity contribution is -0.137. The third kappa shape index (κ3) is 4.32. The number of alkyl halides is 3. The molecule has 1 heterocycles. The quantitative estimate of drug-likeness (QED) is 0.820. The second kappa shape index (κ2) is 6.30.